The minimum atomic E-state index is -0.398. The van der Waals surface area contributed by atoms with Gasteiger partial charge in [0.15, 0.2) is 0 Å². The van der Waals surface area contributed by atoms with Crippen LogP contribution in [0, 0.1) is 5.82 Å². The van der Waals surface area contributed by atoms with Crippen LogP contribution in [0.1, 0.15) is 27.7 Å². The number of anilines is 1. The molecule has 1 aliphatic heterocycles. The molecule has 0 N–H and O–H groups in total. The SMILES string of the molecule is C[C@@H]1COCCN1c1cc(OC(C)(C)C)nc(-c2cc(F)ccc2Cl)c1. The number of hydrogen-bond donors (Lipinski definition) is 0. The van der Waals surface area contributed by atoms with Crippen molar-refractivity contribution in [1.29, 1.82) is 0 Å². The van der Waals surface area contributed by atoms with Crippen molar-refractivity contribution in [2.75, 3.05) is 24.7 Å². The van der Waals surface area contributed by atoms with Crippen LogP contribution in [0.2, 0.25) is 5.02 Å². The van der Waals surface area contributed by atoms with Gasteiger partial charge in [-0.1, -0.05) is 11.6 Å². The lowest BCUT2D eigenvalue weighted by atomic mass is 10.1. The molecule has 0 radical (unpaired) electrons. The number of morpholine rings is 1. The summed E-state index contributed by atoms with van der Waals surface area (Å²) in [5.41, 5.74) is 1.70. The average Bonchev–Trinajstić information content (AvgIpc) is 2.55. The van der Waals surface area contributed by atoms with E-state index in [4.69, 9.17) is 21.1 Å². The molecular formula is C20H24ClFN2O2. The zero-order chi connectivity index (χ0) is 18.9. The van der Waals surface area contributed by atoms with Crippen molar-refractivity contribution in [3.63, 3.8) is 0 Å². The predicted octanol–water partition coefficient (Wildman–Crippen LogP) is 4.94. The van der Waals surface area contributed by atoms with Crippen LogP contribution < -0.4 is 9.64 Å². The number of rotatable bonds is 3. The maximum absolute atomic E-state index is 13.8. The van der Waals surface area contributed by atoms with Crippen LogP contribution in [0.3, 0.4) is 0 Å². The van der Waals surface area contributed by atoms with Crippen molar-refractivity contribution in [3.8, 4) is 17.1 Å². The summed E-state index contributed by atoms with van der Waals surface area (Å²) >= 11 is 6.30. The molecule has 140 valence electrons. The molecule has 2 aromatic rings. The smallest absolute Gasteiger partial charge is 0.216 e. The first kappa shape index (κ1) is 18.9. The lowest BCUT2D eigenvalue weighted by Gasteiger charge is -2.35. The first-order valence-electron chi connectivity index (χ1n) is 8.74. The van der Waals surface area contributed by atoms with Crippen LogP contribution >= 0.6 is 11.6 Å². The van der Waals surface area contributed by atoms with Crippen LogP contribution in [-0.2, 0) is 4.74 Å². The first-order valence-corrected chi connectivity index (χ1v) is 9.12. The third-order valence-corrected chi connectivity index (χ3v) is 4.43. The van der Waals surface area contributed by atoms with Crippen LogP contribution in [0.15, 0.2) is 30.3 Å². The fourth-order valence-corrected chi connectivity index (χ4v) is 3.18. The van der Waals surface area contributed by atoms with Crippen LogP contribution in [0.25, 0.3) is 11.3 Å². The molecule has 0 amide bonds. The Morgan fingerprint density at radius 1 is 1.27 bits per heavy atom. The summed E-state index contributed by atoms with van der Waals surface area (Å²) in [6.45, 7) is 10.1. The van der Waals surface area contributed by atoms with Crippen molar-refractivity contribution in [1.82, 2.24) is 4.98 Å². The van der Waals surface area contributed by atoms with Crippen LogP contribution in [-0.4, -0.2) is 36.4 Å². The third-order valence-electron chi connectivity index (χ3n) is 4.10. The molecule has 0 unspecified atom stereocenters. The highest BCUT2D eigenvalue weighted by molar-refractivity contribution is 6.33. The average molecular weight is 379 g/mol. The van der Waals surface area contributed by atoms with Crippen molar-refractivity contribution in [2.24, 2.45) is 0 Å². The molecule has 3 rings (SSSR count). The molecule has 0 saturated carbocycles. The Labute approximate surface area is 158 Å². The molecule has 4 nitrogen and oxygen atoms in total. The minimum absolute atomic E-state index is 0.226. The van der Waals surface area contributed by atoms with Crippen molar-refractivity contribution < 1.29 is 13.9 Å². The van der Waals surface area contributed by atoms with Crippen LogP contribution in [0.5, 0.6) is 5.88 Å². The van der Waals surface area contributed by atoms with Crippen molar-refractivity contribution in [2.45, 2.75) is 39.3 Å². The van der Waals surface area contributed by atoms with Gasteiger partial charge >= 0.3 is 0 Å². The van der Waals surface area contributed by atoms with Gasteiger partial charge in [0.25, 0.3) is 0 Å². The summed E-state index contributed by atoms with van der Waals surface area (Å²) in [6.07, 6.45) is 0. The maximum Gasteiger partial charge on any atom is 0.216 e. The second-order valence-corrected chi connectivity index (χ2v) is 7.91. The van der Waals surface area contributed by atoms with Gasteiger partial charge in [0.05, 0.1) is 23.9 Å². The molecule has 1 aliphatic rings. The Kier molecular flexibility index (Phi) is 5.39. The Hall–Kier alpha value is -1.85. The maximum atomic E-state index is 13.8. The number of ether oxygens (including phenoxy) is 2. The van der Waals surface area contributed by atoms with Crippen LogP contribution in [0.4, 0.5) is 10.1 Å². The fraction of sp³-hybridized carbons (Fsp3) is 0.450. The second kappa shape index (κ2) is 7.41. The molecule has 0 spiro atoms. The summed E-state index contributed by atoms with van der Waals surface area (Å²) in [7, 11) is 0. The molecule has 1 aromatic heterocycles. The number of benzene rings is 1. The molecule has 26 heavy (non-hydrogen) atoms. The summed E-state index contributed by atoms with van der Waals surface area (Å²) in [6, 6.07) is 8.36. The van der Waals surface area contributed by atoms with E-state index in [-0.39, 0.29) is 11.9 Å². The number of halogens is 2. The molecular weight excluding hydrogens is 355 g/mol. The standard InChI is InChI=1S/C20H24ClFN2O2/c1-13-12-25-8-7-24(13)15-10-18(16-9-14(22)5-6-17(16)21)23-19(11-15)26-20(2,3)4/h5-6,9-11,13H,7-8,12H2,1-4H3/t13-/m1/s1. The van der Waals surface area contributed by atoms with E-state index in [1.807, 2.05) is 32.9 Å². The second-order valence-electron chi connectivity index (χ2n) is 7.50. The van der Waals surface area contributed by atoms with Gasteiger partial charge in [-0.3, -0.25) is 0 Å². The van der Waals surface area contributed by atoms with Gasteiger partial charge in [-0.2, -0.15) is 0 Å². The van der Waals surface area contributed by atoms with Gasteiger partial charge in [-0.05, 0) is 52.0 Å². The molecule has 1 atom stereocenters. The van der Waals surface area contributed by atoms with E-state index < -0.39 is 5.60 Å². The highest BCUT2D eigenvalue weighted by Gasteiger charge is 2.23. The quantitative estimate of drug-likeness (QED) is 0.757. The number of aromatic nitrogens is 1. The van der Waals surface area contributed by atoms with E-state index in [0.717, 1.165) is 12.2 Å². The fourth-order valence-electron chi connectivity index (χ4n) is 2.97. The van der Waals surface area contributed by atoms with E-state index in [2.05, 4.69) is 16.8 Å². The van der Waals surface area contributed by atoms with Gasteiger partial charge in [0.2, 0.25) is 5.88 Å². The number of nitrogens with zero attached hydrogens (tertiary/aromatic N) is 2. The summed E-state index contributed by atoms with van der Waals surface area (Å²) < 4.78 is 25.3. The van der Waals surface area contributed by atoms with Gasteiger partial charge in [-0.15, -0.1) is 0 Å². The molecule has 1 fully saturated rings. The Morgan fingerprint density at radius 2 is 2.04 bits per heavy atom. The van der Waals surface area contributed by atoms with E-state index >= 15 is 0 Å². The van der Waals surface area contributed by atoms with Gasteiger partial charge in [0, 0.05) is 29.9 Å². The molecule has 2 heterocycles. The summed E-state index contributed by atoms with van der Waals surface area (Å²) in [5, 5.41) is 0.452. The zero-order valence-electron chi connectivity index (χ0n) is 15.6. The predicted molar refractivity (Wildman–Crippen MR) is 103 cm³/mol. The van der Waals surface area contributed by atoms with Gasteiger partial charge in [-0.25, -0.2) is 9.37 Å². The molecule has 6 heteroatoms. The summed E-state index contributed by atoms with van der Waals surface area (Å²) in [4.78, 5) is 6.83. The normalized spacial score (nSPS) is 18.1. The number of hydrogen-bond acceptors (Lipinski definition) is 4. The summed E-state index contributed by atoms with van der Waals surface area (Å²) in [5.74, 6) is 0.138. The molecule has 0 aliphatic carbocycles. The highest BCUT2D eigenvalue weighted by Crippen LogP contribution is 2.34. The molecule has 0 bridgehead atoms. The zero-order valence-corrected chi connectivity index (χ0v) is 16.3. The lowest BCUT2D eigenvalue weighted by molar-refractivity contribution is 0.0986. The van der Waals surface area contributed by atoms with E-state index in [0.29, 0.717) is 35.4 Å². The van der Waals surface area contributed by atoms with Gasteiger partial charge < -0.3 is 14.4 Å². The lowest BCUT2D eigenvalue weighted by Crippen LogP contribution is -2.43. The van der Waals surface area contributed by atoms with Gasteiger partial charge in [0.1, 0.15) is 11.4 Å². The Bertz CT molecular complexity index is 792. The van der Waals surface area contributed by atoms with E-state index in [1.54, 1.807) is 6.07 Å². The van der Waals surface area contributed by atoms with Crippen molar-refractivity contribution in [3.05, 3.63) is 41.2 Å². The Morgan fingerprint density at radius 3 is 2.73 bits per heavy atom. The molecule has 1 saturated heterocycles. The minimum Gasteiger partial charge on any atom is -0.472 e. The topological polar surface area (TPSA) is 34.6 Å². The van der Waals surface area contributed by atoms with E-state index in [9.17, 15) is 4.39 Å². The number of pyridine rings is 1. The Balaban J connectivity index is 2.09. The third kappa shape index (κ3) is 4.46. The monoisotopic (exact) mass is 378 g/mol. The van der Waals surface area contributed by atoms with E-state index in [1.165, 1.54) is 12.1 Å². The first-order chi connectivity index (χ1) is 12.2. The highest BCUT2D eigenvalue weighted by atomic mass is 35.5. The largest absolute Gasteiger partial charge is 0.472 e. The molecule has 1 aromatic carbocycles. The van der Waals surface area contributed by atoms with Crippen molar-refractivity contribution >= 4 is 17.3 Å².